The maximum atomic E-state index is 12.5. The molecule has 2 aromatic rings. The van der Waals surface area contributed by atoms with Crippen molar-refractivity contribution in [3.8, 4) is 6.07 Å². The van der Waals surface area contributed by atoms with Crippen molar-refractivity contribution < 1.29 is 4.79 Å². The number of amides is 1. The second kappa shape index (κ2) is 8.13. The average Bonchev–Trinajstić information content (AvgIpc) is 2.66. The van der Waals surface area contributed by atoms with Gasteiger partial charge in [0.2, 0.25) is 0 Å². The van der Waals surface area contributed by atoms with Gasteiger partial charge in [-0.25, -0.2) is 0 Å². The first-order valence-electron chi connectivity index (χ1n) is 10.1. The van der Waals surface area contributed by atoms with Crippen LogP contribution in [0, 0.1) is 11.3 Å². The molecule has 0 saturated carbocycles. The monoisotopic (exact) mass is 387 g/mol. The lowest BCUT2D eigenvalue weighted by Crippen LogP contribution is -2.51. The summed E-state index contributed by atoms with van der Waals surface area (Å²) in [6, 6.07) is 17.9. The van der Waals surface area contributed by atoms with Crippen LogP contribution in [0.2, 0.25) is 0 Å². The molecular formula is C25H29N3O. The van der Waals surface area contributed by atoms with Gasteiger partial charge in [0.05, 0.1) is 0 Å². The summed E-state index contributed by atoms with van der Waals surface area (Å²) in [5, 5.41) is 12.3. The molecule has 1 amide bonds. The lowest BCUT2D eigenvalue weighted by molar-refractivity contribution is -0.112. The number of nitrogens with one attached hydrogen (secondary N) is 1. The van der Waals surface area contributed by atoms with Crippen LogP contribution < -0.4 is 10.2 Å². The molecule has 1 aliphatic heterocycles. The predicted octanol–water partition coefficient (Wildman–Crippen LogP) is 5.73. The summed E-state index contributed by atoms with van der Waals surface area (Å²) in [6.45, 7) is 11.3. The molecule has 29 heavy (non-hydrogen) atoms. The van der Waals surface area contributed by atoms with Gasteiger partial charge in [-0.15, -0.1) is 0 Å². The number of hydrogen-bond donors (Lipinski definition) is 1. The Bertz CT molecular complexity index is 967. The zero-order valence-electron chi connectivity index (χ0n) is 17.9. The van der Waals surface area contributed by atoms with Gasteiger partial charge in [-0.2, -0.15) is 5.26 Å². The molecular weight excluding hydrogens is 358 g/mol. The molecule has 0 aromatic heterocycles. The molecule has 0 spiro atoms. The third-order valence-electron chi connectivity index (χ3n) is 5.52. The highest BCUT2D eigenvalue weighted by Crippen LogP contribution is 2.44. The van der Waals surface area contributed by atoms with E-state index in [2.05, 4.69) is 57.0 Å². The summed E-state index contributed by atoms with van der Waals surface area (Å²) in [5.41, 5.74) is 4.25. The van der Waals surface area contributed by atoms with Crippen LogP contribution >= 0.6 is 0 Å². The number of rotatable bonds is 4. The van der Waals surface area contributed by atoms with Crippen LogP contribution in [0.5, 0.6) is 0 Å². The lowest BCUT2D eigenvalue weighted by atomic mass is 9.79. The molecule has 150 valence electrons. The number of fused-ring (bicyclic) bond motifs is 1. The van der Waals surface area contributed by atoms with E-state index in [1.165, 1.54) is 11.3 Å². The summed E-state index contributed by atoms with van der Waals surface area (Å²) in [7, 11) is 0. The van der Waals surface area contributed by atoms with Gasteiger partial charge in [0.1, 0.15) is 11.6 Å². The second-order valence-electron chi connectivity index (χ2n) is 8.69. The maximum absolute atomic E-state index is 12.5. The van der Waals surface area contributed by atoms with Crippen LogP contribution in [-0.2, 0) is 4.79 Å². The number of carbonyl (C=O) groups excluding carboxylic acids is 1. The molecule has 1 heterocycles. The molecule has 4 heteroatoms. The number of carbonyl (C=O) groups is 1. The molecule has 0 bridgehead atoms. The first-order valence-corrected chi connectivity index (χ1v) is 10.1. The largest absolute Gasteiger partial charge is 0.364 e. The van der Waals surface area contributed by atoms with Crippen molar-refractivity contribution in [1.82, 2.24) is 0 Å². The van der Waals surface area contributed by atoms with Crippen LogP contribution in [0.3, 0.4) is 0 Å². The third kappa shape index (κ3) is 4.35. The van der Waals surface area contributed by atoms with Crippen LogP contribution in [0.4, 0.5) is 11.4 Å². The van der Waals surface area contributed by atoms with Crippen molar-refractivity contribution >= 4 is 23.4 Å². The second-order valence-corrected chi connectivity index (χ2v) is 8.69. The van der Waals surface area contributed by atoms with Crippen molar-refractivity contribution in [2.24, 2.45) is 0 Å². The van der Waals surface area contributed by atoms with Gasteiger partial charge >= 0.3 is 0 Å². The van der Waals surface area contributed by atoms with Crippen LogP contribution in [-0.4, -0.2) is 17.5 Å². The summed E-state index contributed by atoms with van der Waals surface area (Å²) in [5.74, 6) is 0.0152. The molecule has 0 saturated heterocycles. The molecule has 4 nitrogen and oxygen atoms in total. The Hall–Kier alpha value is -3.06. The van der Waals surface area contributed by atoms with E-state index >= 15 is 0 Å². The highest BCUT2D eigenvalue weighted by atomic mass is 16.1. The number of anilines is 2. The van der Waals surface area contributed by atoms with E-state index in [0.29, 0.717) is 17.6 Å². The van der Waals surface area contributed by atoms with Gasteiger partial charge in [0.25, 0.3) is 5.91 Å². The number of nitrogens with zero attached hydrogens (tertiary/aromatic N) is 2. The van der Waals surface area contributed by atoms with E-state index in [1.54, 1.807) is 18.2 Å². The van der Waals surface area contributed by atoms with Crippen LogP contribution in [0.25, 0.3) is 6.08 Å². The summed E-state index contributed by atoms with van der Waals surface area (Å²) in [4.78, 5) is 15.0. The van der Waals surface area contributed by atoms with E-state index in [9.17, 15) is 10.1 Å². The first-order chi connectivity index (χ1) is 13.7. The van der Waals surface area contributed by atoms with Gasteiger partial charge in [0, 0.05) is 23.0 Å². The fraction of sp³-hybridized carbons (Fsp3) is 0.360. The molecule has 0 radical (unpaired) electrons. The van der Waals surface area contributed by atoms with Gasteiger partial charge in [-0.1, -0.05) is 31.2 Å². The van der Waals surface area contributed by atoms with Gasteiger partial charge in [-0.3, -0.25) is 4.79 Å². The third-order valence-corrected chi connectivity index (χ3v) is 5.52. The molecule has 1 atom stereocenters. The zero-order chi connectivity index (χ0) is 21.2. The Morgan fingerprint density at radius 2 is 1.93 bits per heavy atom. The van der Waals surface area contributed by atoms with Crippen molar-refractivity contribution in [3.05, 3.63) is 65.2 Å². The van der Waals surface area contributed by atoms with Crippen molar-refractivity contribution in [2.75, 3.05) is 10.2 Å². The van der Waals surface area contributed by atoms with Gasteiger partial charge < -0.3 is 10.2 Å². The van der Waals surface area contributed by atoms with Gasteiger partial charge in [-0.05, 0) is 81.5 Å². The molecule has 0 aliphatic carbocycles. The summed E-state index contributed by atoms with van der Waals surface area (Å²) in [6.07, 6.45) is 2.73. The fourth-order valence-corrected chi connectivity index (χ4v) is 4.57. The number of nitriles is 1. The molecule has 0 fully saturated rings. The Kier molecular flexibility index (Phi) is 5.79. The Labute approximate surface area is 173 Å². The number of hydrogen-bond acceptors (Lipinski definition) is 3. The van der Waals surface area contributed by atoms with E-state index < -0.39 is 5.91 Å². The highest BCUT2D eigenvalue weighted by molar-refractivity contribution is 6.09. The minimum atomic E-state index is -0.394. The Balaban J connectivity index is 1.93. The fourth-order valence-electron chi connectivity index (χ4n) is 4.57. The number of benzene rings is 2. The quantitative estimate of drug-likeness (QED) is 0.538. The summed E-state index contributed by atoms with van der Waals surface area (Å²) >= 11 is 0. The molecule has 2 aromatic carbocycles. The van der Waals surface area contributed by atoms with E-state index in [1.807, 2.05) is 30.3 Å². The Morgan fingerprint density at radius 3 is 2.55 bits per heavy atom. The smallest absolute Gasteiger partial charge is 0.266 e. The lowest BCUT2D eigenvalue weighted by Gasteiger charge is -2.50. The van der Waals surface area contributed by atoms with Crippen LogP contribution in [0.15, 0.2) is 54.1 Å². The maximum Gasteiger partial charge on any atom is 0.266 e. The standard InChI is InChI=1S/C25H29N3O/c1-17(2)28-23-12-11-19(14-22(23)18(3)15-25(28,4)5)13-20(16-26)24(29)27-21-9-7-6-8-10-21/h6-14,17-18H,15H2,1-5H3,(H,27,29)/b20-13-/t18-/m0/s1. The average molecular weight is 388 g/mol. The minimum Gasteiger partial charge on any atom is -0.364 e. The van der Waals surface area contributed by atoms with Crippen molar-refractivity contribution in [1.29, 1.82) is 5.26 Å². The predicted molar refractivity (Wildman–Crippen MR) is 120 cm³/mol. The van der Waals surface area contributed by atoms with Gasteiger partial charge in [0.15, 0.2) is 0 Å². The summed E-state index contributed by atoms with van der Waals surface area (Å²) < 4.78 is 0. The molecule has 3 rings (SSSR count). The highest BCUT2D eigenvalue weighted by Gasteiger charge is 2.37. The zero-order valence-corrected chi connectivity index (χ0v) is 17.9. The number of para-hydroxylation sites is 1. The molecule has 1 N–H and O–H groups in total. The molecule has 0 unspecified atom stereocenters. The van der Waals surface area contributed by atoms with Crippen molar-refractivity contribution in [2.45, 2.75) is 58.5 Å². The molecule has 1 aliphatic rings. The van der Waals surface area contributed by atoms with E-state index in [4.69, 9.17) is 0 Å². The topological polar surface area (TPSA) is 56.1 Å². The Morgan fingerprint density at radius 1 is 1.24 bits per heavy atom. The SMILES string of the molecule is CC(C)N1c2ccc(/C=C(/C#N)C(=O)Nc3ccccc3)cc2[C@@H](C)CC1(C)C. The van der Waals surface area contributed by atoms with E-state index in [0.717, 1.165) is 12.0 Å². The van der Waals surface area contributed by atoms with Crippen molar-refractivity contribution in [3.63, 3.8) is 0 Å². The first kappa shape index (κ1) is 20.7. The van der Waals surface area contributed by atoms with Crippen LogP contribution in [0.1, 0.15) is 58.1 Å². The normalized spacial score (nSPS) is 18.2. The van der Waals surface area contributed by atoms with E-state index in [-0.39, 0.29) is 11.1 Å². The minimum absolute atomic E-state index is 0.0886.